The zero-order valence-electron chi connectivity index (χ0n) is 11.3. The third kappa shape index (κ3) is 2.43. The lowest BCUT2D eigenvalue weighted by Gasteiger charge is -2.15. The fourth-order valence-electron chi connectivity index (χ4n) is 2.62. The maximum absolute atomic E-state index is 12.9. The van der Waals surface area contributed by atoms with Crippen molar-refractivity contribution in [1.29, 1.82) is 0 Å². The highest BCUT2D eigenvalue weighted by Gasteiger charge is 2.29. The second-order valence-electron chi connectivity index (χ2n) is 5.20. The van der Waals surface area contributed by atoms with Crippen LogP contribution in [0.15, 0.2) is 30.5 Å². The van der Waals surface area contributed by atoms with Crippen molar-refractivity contribution in [2.75, 3.05) is 13.1 Å². The lowest BCUT2D eigenvalue weighted by Crippen LogP contribution is -2.29. The molecule has 0 aliphatic carbocycles. The zero-order chi connectivity index (χ0) is 14.1. The van der Waals surface area contributed by atoms with Crippen LogP contribution >= 0.6 is 0 Å². The van der Waals surface area contributed by atoms with Crippen molar-refractivity contribution in [2.24, 2.45) is 0 Å². The molecule has 0 spiro atoms. The molecule has 1 fully saturated rings. The molecule has 20 heavy (non-hydrogen) atoms. The van der Waals surface area contributed by atoms with E-state index in [0.717, 1.165) is 17.7 Å². The van der Waals surface area contributed by atoms with E-state index >= 15 is 0 Å². The fourth-order valence-corrected chi connectivity index (χ4v) is 2.62. The van der Waals surface area contributed by atoms with Crippen LogP contribution in [0, 0.1) is 12.7 Å². The molecule has 1 N–H and O–H groups in total. The van der Waals surface area contributed by atoms with Gasteiger partial charge in [-0.15, -0.1) is 0 Å². The highest BCUT2D eigenvalue weighted by molar-refractivity contribution is 5.90. The van der Waals surface area contributed by atoms with Gasteiger partial charge in [0.25, 0.3) is 5.91 Å². The molecule has 0 radical (unpaired) electrons. The maximum Gasteiger partial charge on any atom is 0.289 e. The largest absolute Gasteiger partial charge is 0.338 e. The summed E-state index contributed by atoms with van der Waals surface area (Å²) in [4.78, 5) is 21.1. The lowest BCUT2D eigenvalue weighted by molar-refractivity contribution is 0.0779. The normalized spacial score (nSPS) is 18.5. The Hall–Kier alpha value is -2.17. The first kappa shape index (κ1) is 12.8. The number of imidazole rings is 1. The minimum Gasteiger partial charge on any atom is -0.338 e. The Morgan fingerprint density at radius 2 is 2.15 bits per heavy atom. The smallest absolute Gasteiger partial charge is 0.289 e. The van der Waals surface area contributed by atoms with E-state index in [1.54, 1.807) is 23.2 Å². The van der Waals surface area contributed by atoms with Crippen LogP contribution in [-0.2, 0) is 0 Å². The van der Waals surface area contributed by atoms with Crippen LogP contribution < -0.4 is 0 Å². The van der Waals surface area contributed by atoms with Crippen LogP contribution in [0.4, 0.5) is 4.39 Å². The number of hydrogen-bond acceptors (Lipinski definition) is 2. The average molecular weight is 273 g/mol. The number of rotatable bonds is 2. The van der Waals surface area contributed by atoms with E-state index < -0.39 is 0 Å². The van der Waals surface area contributed by atoms with Gasteiger partial charge >= 0.3 is 0 Å². The number of nitrogens with zero attached hydrogens (tertiary/aromatic N) is 2. The standard InChI is InChI=1S/C15H16FN3O/c1-10-8-17-14(18-10)15(20)19-7-6-12(9-19)11-2-4-13(16)5-3-11/h2-5,8,12H,6-7,9H2,1H3,(H,17,18). The number of aryl methyl sites for hydroxylation is 1. The van der Waals surface area contributed by atoms with Crippen molar-refractivity contribution in [3.8, 4) is 0 Å². The van der Waals surface area contributed by atoms with Gasteiger partial charge in [0, 0.05) is 30.9 Å². The number of likely N-dealkylation sites (tertiary alicyclic amines) is 1. The van der Waals surface area contributed by atoms with Crippen LogP contribution in [0.5, 0.6) is 0 Å². The molecule has 1 aliphatic rings. The third-order valence-electron chi connectivity index (χ3n) is 3.72. The number of aromatic amines is 1. The first-order valence-corrected chi connectivity index (χ1v) is 6.70. The van der Waals surface area contributed by atoms with Crippen LogP contribution in [0.3, 0.4) is 0 Å². The van der Waals surface area contributed by atoms with Gasteiger partial charge in [0.1, 0.15) is 5.82 Å². The molecule has 3 rings (SSSR count). The molecule has 1 amide bonds. The summed E-state index contributed by atoms with van der Waals surface area (Å²) >= 11 is 0. The Kier molecular flexibility index (Phi) is 3.26. The second kappa shape index (κ2) is 5.07. The number of nitrogens with one attached hydrogen (secondary N) is 1. The van der Waals surface area contributed by atoms with Gasteiger partial charge in [-0.05, 0) is 31.0 Å². The maximum atomic E-state index is 12.9. The Morgan fingerprint density at radius 3 is 2.80 bits per heavy atom. The van der Waals surface area contributed by atoms with Crippen molar-refractivity contribution in [2.45, 2.75) is 19.3 Å². The first-order valence-electron chi connectivity index (χ1n) is 6.70. The number of H-pyrrole nitrogens is 1. The average Bonchev–Trinajstić information content (AvgIpc) is 3.08. The topological polar surface area (TPSA) is 49.0 Å². The Bertz CT molecular complexity index is 620. The fraction of sp³-hybridized carbons (Fsp3) is 0.333. The van der Waals surface area contributed by atoms with E-state index in [-0.39, 0.29) is 17.6 Å². The minimum absolute atomic E-state index is 0.0669. The van der Waals surface area contributed by atoms with Crippen molar-refractivity contribution in [1.82, 2.24) is 14.9 Å². The SMILES string of the molecule is Cc1cnc(C(=O)N2CCC(c3ccc(F)cc3)C2)[nH]1. The second-order valence-corrected chi connectivity index (χ2v) is 5.20. The Morgan fingerprint density at radius 1 is 1.40 bits per heavy atom. The van der Waals surface area contributed by atoms with E-state index in [4.69, 9.17) is 0 Å². The van der Waals surface area contributed by atoms with Gasteiger partial charge in [-0.3, -0.25) is 4.79 Å². The predicted octanol–water partition coefficient (Wildman–Crippen LogP) is 2.49. The van der Waals surface area contributed by atoms with Crippen molar-refractivity contribution < 1.29 is 9.18 Å². The van der Waals surface area contributed by atoms with Crippen LogP contribution in [0.25, 0.3) is 0 Å². The molecule has 1 aliphatic heterocycles. The number of hydrogen-bond donors (Lipinski definition) is 1. The lowest BCUT2D eigenvalue weighted by atomic mass is 9.99. The van der Waals surface area contributed by atoms with Gasteiger partial charge in [0.05, 0.1) is 0 Å². The van der Waals surface area contributed by atoms with Crippen molar-refractivity contribution >= 4 is 5.91 Å². The van der Waals surface area contributed by atoms with E-state index in [1.807, 2.05) is 6.92 Å². The minimum atomic E-state index is -0.231. The molecule has 0 bridgehead atoms. The van der Waals surface area contributed by atoms with Crippen molar-refractivity contribution in [3.63, 3.8) is 0 Å². The monoisotopic (exact) mass is 273 g/mol. The highest BCUT2D eigenvalue weighted by atomic mass is 19.1. The molecule has 2 heterocycles. The third-order valence-corrected chi connectivity index (χ3v) is 3.72. The molecule has 1 unspecified atom stereocenters. The molecule has 0 saturated carbocycles. The van der Waals surface area contributed by atoms with Crippen LogP contribution in [-0.4, -0.2) is 33.9 Å². The first-order chi connectivity index (χ1) is 9.63. The Labute approximate surface area is 116 Å². The Balaban J connectivity index is 1.70. The van der Waals surface area contributed by atoms with Gasteiger partial charge in [0.15, 0.2) is 5.82 Å². The summed E-state index contributed by atoms with van der Waals surface area (Å²) in [5, 5.41) is 0. The van der Waals surface area contributed by atoms with Gasteiger partial charge in [-0.25, -0.2) is 9.37 Å². The molecule has 4 nitrogen and oxygen atoms in total. The van der Waals surface area contributed by atoms with Crippen LogP contribution in [0.1, 0.15) is 34.2 Å². The van der Waals surface area contributed by atoms with Gasteiger partial charge in [-0.2, -0.15) is 0 Å². The van der Waals surface area contributed by atoms with E-state index in [2.05, 4.69) is 9.97 Å². The molecule has 5 heteroatoms. The van der Waals surface area contributed by atoms with Gasteiger partial charge in [0.2, 0.25) is 0 Å². The molecule has 1 aromatic carbocycles. The predicted molar refractivity (Wildman–Crippen MR) is 73.0 cm³/mol. The molecule has 1 aromatic heterocycles. The number of amides is 1. The molecule has 1 saturated heterocycles. The zero-order valence-corrected chi connectivity index (χ0v) is 11.3. The molecular weight excluding hydrogens is 257 g/mol. The van der Waals surface area contributed by atoms with Crippen LogP contribution in [0.2, 0.25) is 0 Å². The molecule has 104 valence electrons. The van der Waals surface area contributed by atoms with E-state index in [1.165, 1.54) is 12.1 Å². The summed E-state index contributed by atoms with van der Waals surface area (Å²) in [5.74, 6) is 0.367. The number of halogens is 1. The summed E-state index contributed by atoms with van der Waals surface area (Å²) in [6.07, 6.45) is 2.55. The van der Waals surface area contributed by atoms with Gasteiger partial charge in [-0.1, -0.05) is 12.1 Å². The quantitative estimate of drug-likeness (QED) is 0.914. The number of benzene rings is 1. The molecule has 1 atom stereocenters. The van der Waals surface area contributed by atoms with E-state index in [9.17, 15) is 9.18 Å². The highest BCUT2D eigenvalue weighted by Crippen LogP contribution is 2.27. The van der Waals surface area contributed by atoms with Crippen molar-refractivity contribution in [3.05, 3.63) is 53.4 Å². The molecule has 2 aromatic rings. The molecular formula is C15H16FN3O. The van der Waals surface area contributed by atoms with E-state index in [0.29, 0.717) is 18.9 Å². The number of carbonyl (C=O) groups excluding carboxylic acids is 1. The van der Waals surface area contributed by atoms with Gasteiger partial charge < -0.3 is 9.88 Å². The number of carbonyl (C=O) groups is 1. The summed E-state index contributed by atoms with van der Waals surface area (Å²) in [6.45, 7) is 3.24. The summed E-state index contributed by atoms with van der Waals surface area (Å²) < 4.78 is 12.9. The number of aromatic nitrogens is 2. The summed E-state index contributed by atoms with van der Waals surface area (Å²) in [6, 6.07) is 6.53. The summed E-state index contributed by atoms with van der Waals surface area (Å²) in [5.41, 5.74) is 1.96. The summed E-state index contributed by atoms with van der Waals surface area (Å²) in [7, 11) is 0.